The summed E-state index contributed by atoms with van der Waals surface area (Å²) in [6, 6.07) is 15.6. The lowest BCUT2D eigenvalue weighted by molar-refractivity contribution is -0.136. The zero-order chi connectivity index (χ0) is 18.8. The molecule has 4 rings (SSSR count). The molecule has 3 aromatic rings. The van der Waals surface area contributed by atoms with Gasteiger partial charge in [0.15, 0.2) is 0 Å². The molecule has 6 nitrogen and oxygen atoms in total. The summed E-state index contributed by atoms with van der Waals surface area (Å²) in [5.74, 6) is 0.0499. The first-order chi connectivity index (χ1) is 13.1. The first-order valence-corrected chi connectivity index (χ1v) is 9.02. The van der Waals surface area contributed by atoms with Crippen molar-refractivity contribution in [3.63, 3.8) is 0 Å². The van der Waals surface area contributed by atoms with Crippen LogP contribution < -0.4 is 0 Å². The highest BCUT2D eigenvalue weighted by molar-refractivity contribution is 5.80. The molecule has 138 valence electrons. The summed E-state index contributed by atoms with van der Waals surface area (Å²) in [5, 5.41) is 12.5. The number of halogens is 1. The zero-order valence-corrected chi connectivity index (χ0v) is 15.0. The third-order valence-corrected chi connectivity index (χ3v) is 4.73. The molecule has 0 spiro atoms. The van der Waals surface area contributed by atoms with E-state index in [1.165, 1.54) is 10.9 Å². The molecule has 1 unspecified atom stereocenters. The summed E-state index contributed by atoms with van der Waals surface area (Å²) in [6.07, 6.45) is 1.87. The molecule has 1 fully saturated rings. The normalized spacial score (nSPS) is 14.7. The molecule has 0 radical (unpaired) electrons. The van der Waals surface area contributed by atoms with Crippen molar-refractivity contribution in [1.82, 2.24) is 25.1 Å². The SMILES string of the molecule is CC(C(=O)N(Cc1ccccc1F)C1CC1)n1nnc(-c2ccccc2)n1. The first kappa shape index (κ1) is 17.3. The molecular weight excluding hydrogens is 345 g/mol. The van der Waals surface area contributed by atoms with Gasteiger partial charge in [-0.2, -0.15) is 4.80 Å². The largest absolute Gasteiger partial charge is 0.333 e. The highest BCUT2D eigenvalue weighted by atomic mass is 19.1. The Hall–Kier alpha value is -3.09. The Labute approximate surface area is 156 Å². The van der Waals surface area contributed by atoms with Crippen LogP contribution in [0.1, 0.15) is 31.4 Å². The van der Waals surface area contributed by atoms with E-state index in [0.29, 0.717) is 11.4 Å². The molecule has 1 aromatic heterocycles. The number of nitrogens with zero attached hydrogens (tertiary/aromatic N) is 5. The van der Waals surface area contributed by atoms with Crippen LogP contribution in [-0.2, 0) is 11.3 Å². The van der Waals surface area contributed by atoms with Crippen LogP contribution in [0.3, 0.4) is 0 Å². The molecule has 2 aromatic carbocycles. The Bertz CT molecular complexity index is 938. The van der Waals surface area contributed by atoms with Crippen molar-refractivity contribution >= 4 is 5.91 Å². The number of tetrazole rings is 1. The first-order valence-electron chi connectivity index (χ1n) is 9.02. The number of carbonyl (C=O) groups is 1. The van der Waals surface area contributed by atoms with Crippen molar-refractivity contribution in [1.29, 1.82) is 0 Å². The van der Waals surface area contributed by atoms with Gasteiger partial charge in [-0.1, -0.05) is 48.5 Å². The minimum absolute atomic E-state index is 0.127. The smallest absolute Gasteiger partial charge is 0.249 e. The van der Waals surface area contributed by atoms with Crippen molar-refractivity contribution in [2.45, 2.75) is 38.4 Å². The molecule has 1 aliphatic carbocycles. The van der Waals surface area contributed by atoms with E-state index in [4.69, 9.17) is 0 Å². The van der Waals surface area contributed by atoms with Crippen molar-refractivity contribution in [3.05, 3.63) is 66.0 Å². The zero-order valence-electron chi connectivity index (χ0n) is 15.0. The maximum atomic E-state index is 14.0. The molecule has 1 aliphatic rings. The summed E-state index contributed by atoms with van der Waals surface area (Å²) in [6.45, 7) is 2.00. The van der Waals surface area contributed by atoms with Crippen LogP contribution in [-0.4, -0.2) is 37.1 Å². The number of carbonyl (C=O) groups excluding carboxylic acids is 1. The van der Waals surface area contributed by atoms with Gasteiger partial charge < -0.3 is 4.90 Å². The van der Waals surface area contributed by atoms with E-state index in [2.05, 4.69) is 15.4 Å². The summed E-state index contributed by atoms with van der Waals surface area (Å²) in [7, 11) is 0. The van der Waals surface area contributed by atoms with E-state index in [9.17, 15) is 9.18 Å². The van der Waals surface area contributed by atoms with Gasteiger partial charge in [-0.05, 0) is 31.0 Å². The lowest BCUT2D eigenvalue weighted by Crippen LogP contribution is -2.38. The second kappa shape index (κ2) is 7.26. The number of benzene rings is 2. The van der Waals surface area contributed by atoms with Crippen LogP contribution in [0.5, 0.6) is 0 Å². The molecule has 27 heavy (non-hydrogen) atoms. The number of rotatable bonds is 6. The molecule has 0 aliphatic heterocycles. The Morgan fingerprint density at radius 2 is 1.89 bits per heavy atom. The summed E-state index contributed by atoms with van der Waals surface area (Å²) in [5.41, 5.74) is 1.36. The molecule has 1 saturated carbocycles. The van der Waals surface area contributed by atoms with Gasteiger partial charge >= 0.3 is 0 Å². The summed E-state index contributed by atoms with van der Waals surface area (Å²) < 4.78 is 14.0. The molecule has 7 heteroatoms. The average Bonchev–Trinajstić information content (AvgIpc) is 3.42. The predicted molar refractivity (Wildman–Crippen MR) is 97.9 cm³/mol. The highest BCUT2D eigenvalue weighted by Crippen LogP contribution is 2.30. The molecule has 0 bridgehead atoms. The molecular formula is C20H20FN5O. The van der Waals surface area contributed by atoms with Gasteiger partial charge in [-0.25, -0.2) is 4.39 Å². The number of aromatic nitrogens is 4. The van der Waals surface area contributed by atoms with Crippen LogP contribution in [0, 0.1) is 5.82 Å². The second-order valence-corrected chi connectivity index (χ2v) is 6.76. The van der Waals surface area contributed by atoms with Crippen LogP contribution in [0.25, 0.3) is 11.4 Å². The molecule has 1 heterocycles. The van der Waals surface area contributed by atoms with Crippen molar-refractivity contribution in [2.75, 3.05) is 0 Å². The van der Waals surface area contributed by atoms with Crippen molar-refractivity contribution in [3.8, 4) is 11.4 Å². The van der Waals surface area contributed by atoms with Gasteiger partial charge in [0.2, 0.25) is 11.7 Å². The van der Waals surface area contributed by atoms with Gasteiger partial charge in [-0.15, -0.1) is 10.2 Å². The Balaban J connectivity index is 1.53. The van der Waals surface area contributed by atoms with Crippen LogP contribution in [0.2, 0.25) is 0 Å². The summed E-state index contributed by atoms with van der Waals surface area (Å²) in [4.78, 5) is 16.1. The number of hydrogen-bond acceptors (Lipinski definition) is 4. The second-order valence-electron chi connectivity index (χ2n) is 6.76. The van der Waals surface area contributed by atoms with E-state index in [0.717, 1.165) is 18.4 Å². The fourth-order valence-corrected chi connectivity index (χ4v) is 3.01. The monoisotopic (exact) mass is 365 g/mol. The fraction of sp³-hybridized carbons (Fsp3) is 0.300. The number of hydrogen-bond donors (Lipinski definition) is 0. The topological polar surface area (TPSA) is 63.9 Å². The Morgan fingerprint density at radius 1 is 1.19 bits per heavy atom. The average molecular weight is 365 g/mol. The van der Waals surface area contributed by atoms with E-state index in [1.54, 1.807) is 30.0 Å². The van der Waals surface area contributed by atoms with Gasteiger partial charge in [0.25, 0.3) is 0 Å². The maximum Gasteiger partial charge on any atom is 0.249 e. The van der Waals surface area contributed by atoms with Crippen molar-refractivity contribution in [2.24, 2.45) is 0 Å². The van der Waals surface area contributed by atoms with Gasteiger partial charge in [0.05, 0.1) is 0 Å². The Morgan fingerprint density at radius 3 is 2.59 bits per heavy atom. The Kier molecular flexibility index (Phi) is 4.66. The van der Waals surface area contributed by atoms with E-state index in [-0.39, 0.29) is 24.3 Å². The molecule has 0 saturated heterocycles. The van der Waals surface area contributed by atoms with Crippen LogP contribution in [0.15, 0.2) is 54.6 Å². The fourth-order valence-electron chi connectivity index (χ4n) is 3.01. The predicted octanol–water partition coefficient (Wildman–Crippen LogP) is 3.23. The van der Waals surface area contributed by atoms with Crippen LogP contribution >= 0.6 is 0 Å². The standard InChI is InChI=1S/C20H20FN5O/c1-14(26-23-19(22-24-26)15-7-3-2-4-8-15)20(27)25(17-11-12-17)13-16-9-5-6-10-18(16)21/h2-10,14,17H,11-13H2,1H3. The lowest BCUT2D eigenvalue weighted by Gasteiger charge is -2.25. The maximum absolute atomic E-state index is 14.0. The third kappa shape index (κ3) is 3.72. The number of amides is 1. The van der Waals surface area contributed by atoms with Gasteiger partial charge in [0.1, 0.15) is 11.9 Å². The third-order valence-electron chi connectivity index (χ3n) is 4.73. The molecule has 1 amide bonds. The highest BCUT2D eigenvalue weighted by Gasteiger charge is 2.36. The van der Waals surface area contributed by atoms with Gasteiger partial charge in [0, 0.05) is 23.7 Å². The molecule has 1 atom stereocenters. The minimum atomic E-state index is -0.609. The van der Waals surface area contributed by atoms with Crippen molar-refractivity contribution < 1.29 is 9.18 Å². The minimum Gasteiger partial charge on any atom is -0.333 e. The van der Waals surface area contributed by atoms with Crippen LogP contribution in [0.4, 0.5) is 4.39 Å². The summed E-state index contributed by atoms with van der Waals surface area (Å²) >= 11 is 0. The quantitative estimate of drug-likeness (QED) is 0.673. The van der Waals surface area contributed by atoms with Gasteiger partial charge in [-0.3, -0.25) is 4.79 Å². The van der Waals surface area contributed by atoms with E-state index in [1.807, 2.05) is 30.3 Å². The van der Waals surface area contributed by atoms with E-state index >= 15 is 0 Å². The van der Waals surface area contributed by atoms with E-state index < -0.39 is 6.04 Å². The molecule has 0 N–H and O–H groups in total. The lowest BCUT2D eigenvalue weighted by atomic mass is 10.1.